The summed E-state index contributed by atoms with van der Waals surface area (Å²) >= 11 is 0. The highest BCUT2D eigenvalue weighted by Gasteiger charge is 2.21. The van der Waals surface area contributed by atoms with Gasteiger partial charge in [-0.3, -0.25) is 0 Å². The monoisotopic (exact) mass is 590 g/mol. The highest BCUT2D eigenvalue weighted by molar-refractivity contribution is 5.74. The Hall–Kier alpha value is -3.14. The van der Waals surface area contributed by atoms with E-state index in [1.54, 1.807) is 48.5 Å². The highest BCUT2D eigenvalue weighted by atomic mass is 19.2. The fourth-order valence-corrected chi connectivity index (χ4v) is 6.16. The fourth-order valence-electron chi connectivity index (χ4n) is 6.16. The van der Waals surface area contributed by atoms with E-state index in [-0.39, 0.29) is 11.1 Å². The Morgan fingerprint density at radius 2 is 1.23 bits per heavy atom. The molecule has 43 heavy (non-hydrogen) atoms. The highest BCUT2D eigenvalue weighted by Crippen LogP contribution is 2.37. The molecule has 0 aromatic heterocycles. The molecule has 0 N–H and O–H groups in total. The molecule has 0 fully saturated rings. The summed E-state index contributed by atoms with van der Waals surface area (Å²) < 4.78 is 60.3. The van der Waals surface area contributed by atoms with Crippen LogP contribution in [0, 0.1) is 29.2 Å². The summed E-state index contributed by atoms with van der Waals surface area (Å²) in [6, 6.07) is 13.0. The van der Waals surface area contributed by atoms with Crippen molar-refractivity contribution in [3.05, 3.63) is 101 Å². The number of allylic oxidation sites excluding steroid dienone is 4. The first-order valence-electron chi connectivity index (χ1n) is 16.3. The lowest BCUT2D eigenvalue weighted by Gasteiger charge is -2.23. The second-order valence-electron chi connectivity index (χ2n) is 12.0. The van der Waals surface area contributed by atoms with E-state index in [1.165, 1.54) is 51.4 Å². The van der Waals surface area contributed by atoms with Crippen molar-refractivity contribution in [2.75, 3.05) is 0 Å². The number of rotatable bonds is 15. The third-order valence-corrected chi connectivity index (χ3v) is 8.82. The molecule has 0 amide bonds. The molecule has 4 heteroatoms. The van der Waals surface area contributed by atoms with Crippen LogP contribution in [0.15, 0.2) is 66.8 Å². The average Bonchev–Trinajstić information content (AvgIpc) is 3.03. The van der Waals surface area contributed by atoms with Gasteiger partial charge in [0, 0.05) is 16.7 Å². The molecular formula is C39H46F4. The first-order chi connectivity index (χ1) is 20.9. The van der Waals surface area contributed by atoms with Gasteiger partial charge in [0.1, 0.15) is 0 Å². The minimum Gasteiger partial charge on any atom is -0.203 e. The second-order valence-corrected chi connectivity index (χ2v) is 12.0. The molecule has 1 unspecified atom stereocenters. The maximum absolute atomic E-state index is 15.3. The van der Waals surface area contributed by atoms with Crippen LogP contribution in [0.2, 0.25) is 0 Å². The van der Waals surface area contributed by atoms with Crippen molar-refractivity contribution < 1.29 is 17.6 Å². The van der Waals surface area contributed by atoms with E-state index < -0.39 is 23.3 Å². The van der Waals surface area contributed by atoms with Crippen LogP contribution in [0.4, 0.5) is 17.6 Å². The van der Waals surface area contributed by atoms with Crippen molar-refractivity contribution >= 4 is 5.57 Å². The molecule has 230 valence electrons. The largest absolute Gasteiger partial charge is 0.203 e. The van der Waals surface area contributed by atoms with Crippen LogP contribution in [-0.2, 0) is 6.42 Å². The summed E-state index contributed by atoms with van der Waals surface area (Å²) in [5, 5.41) is 0. The summed E-state index contributed by atoms with van der Waals surface area (Å²) in [6.45, 7) is 4.26. The zero-order valence-corrected chi connectivity index (χ0v) is 25.8. The second kappa shape index (κ2) is 16.6. The normalized spacial score (nSPS) is 15.3. The lowest BCUT2D eigenvalue weighted by atomic mass is 9.83. The van der Waals surface area contributed by atoms with Crippen molar-refractivity contribution in [3.8, 4) is 22.3 Å². The standard InChI is InChI=1S/C39H46F4/c1-3-5-7-9-10-11-12-14-28-16-18-29(19-17-28)34-26-27-35(39(43)38(34)42)31-22-20-30(21-23-31)33-25-24-32(36(40)37(33)41)15-13-8-6-4-2/h6,8,18,20-28H,3-5,7,9-17,19H2,1-2H3. The van der Waals surface area contributed by atoms with Crippen molar-refractivity contribution in [3.63, 3.8) is 0 Å². The number of aryl methyl sites for hydroxylation is 1. The molecule has 3 aromatic carbocycles. The predicted octanol–water partition coefficient (Wildman–Crippen LogP) is 12.8. The maximum Gasteiger partial charge on any atom is 0.167 e. The number of unbranched alkanes of at least 4 members (excludes halogenated alkanes) is 6. The molecule has 3 aromatic rings. The van der Waals surface area contributed by atoms with Crippen LogP contribution < -0.4 is 0 Å². The van der Waals surface area contributed by atoms with E-state index in [9.17, 15) is 8.78 Å². The average molecular weight is 591 g/mol. The van der Waals surface area contributed by atoms with Gasteiger partial charge in [-0.15, -0.1) is 0 Å². The van der Waals surface area contributed by atoms with Gasteiger partial charge in [0.05, 0.1) is 0 Å². The van der Waals surface area contributed by atoms with Gasteiger partial charge < -0.3 is 0 Å². The Kier molecular flexibility index (Phi) is 12.7. The number of benzene rings is 3. The molecule has 0 nitrogen and oxygen atoms in total. The molecule has 0 spiro atoms. The van der Waals surface area contributed by atoms with Gasteiger partial charge >= 0.3 is 0 Å². The first kappa shape index (κ1) is 32.8. The molecule has 1 aliphatic carbocycles. The van der Waals surface area contributed by atoms with Gasteiger partial charge in [0.15, 0.2) is 23.3 Å². The minimum absolute atomic E-state index is 0.147. The van der Waals surface area contributed by atoms with E-state index in [0.29, 0.717) is 41.0 Å². The van der Waals surface area contributed by atoms with E-state index in [0.717, 1.165) is 31.3 Å². The number of hydrogen-bond donors (Lipinski definition) is 0. The summed E-state index contributed by atoms with van der Waals surface area (Å²) in [5.41, 5.74) is 2.84. The molecular weight excluding hydrogens is 544 g/mol. The molecule has 4 rings (SSSR count). The third kappa shape index (κ3) is 8.71. The smallest absolute Gasteiger partial charge is 0.167 e. The first-order valence-corrected chi connectivity index (χ1v) is 16.3. The van der Waals surface area contributed by atoms with E-state index in [4.69, 9.17) is 0 Å². The fraction of sp³-hybridized carbons (Fsp3) is 0.436. The van der Waals surface area contributed by atoms with Crippen molar-refractivity contribution in [1.82, 2.24) is 0 Å². The lowest BCUT2D eigenvalue weighted by molar-refractivity contribution is 0.421. The Morgan fingerprint density at radius 3 is 1.86 bits per heavy atom. The van der Waals surface area contributed by atoms with Crippen molar-refractivity contribution in [2.24, 2.45) is 5.92 Å². The molecule has 0 saturated carbocycles. The SMILES string of the molecule is CCC=CCCc1ccc(-c2ccc(-c3ccc(C4=CCC(CCCCCCCCC)CC4)c(F)c3F)cc2)c(F)c1F. The van der Waals surface area contributed by atoms with Gasteiger partial charge in [0.25, 0.3) is 0 Å². The van der Waals surface area contributed by atoms with Crippen LogP contribution in [0.5, 0.6) is 0 Å². The third-order valence-electron chi connectivity index (χ3n) is 8.82. The van der Waals surface area contributed by atoms with Gasteiger partial charge in [0.2, 0.25) is 0 Å². The maximum atomic E-state index is 15.3. The zero-order valence-electron chi connectivity index (χ0n) is 25.8. The molecule has 0 saturated heterocycles. The van der Waals surface area contributed by atoms with Crippen LogP contribution in [0.25, 0.3) is 27.8 Å². The van der Waals surface area contributed by atoms with Crippen molar-refractivity contribution in [2.45, 2.75) is 104 Å². The van der Waals surface area contributed by atoms with Gasteiger partial charge in [-0.25, -0.2) is 17.6 Å². The predicted molar refractivity (Wildman–Crippen MR) is 173 cm³/mol. The van der Waals surface area contributed by atoms with Gasteiger partial charge in [-0.05, 0) is 66.7 Å². The summed E-state index contributed by atoms with van der Waals surface area (Å²) in [5.74, 6) is -2.80. The lowest BCUT2D eigenvalue weighted by Crippen LogP contribution is -2.07. The Balaban J connectivity index is 1.39. The Morgan fingerprint density at radius 1 is 0.651 bits per heavy atom. The molecule has 0 bridgehead atoms. The quantitative estimate of drug-likeness (QED) is 0.0938. The topological polar surface area (TPSA) is 0 Å². The molecule has 0 heterocycles. The molecule has 0 aliphatic heterocycles. The van der Waals surface area contributed by atoms with Crippen LogP contribution in [0.1, 0.15) is 108 Å². The zero-order chi connectivity index (χ0) is 30.6. The van der Waals surface area contributed by atoms with Gasteiger partial charge in [-0.1, -0.05) is 132 Å². The van der Waals surface area contributed by atoms with E-state index >= 15 is 8.78 Å². The molecule has 1 atom stereocenters. The van der Waals surface area contributed by atoms with Crippen LogP contribution >= 0.6 is 0 Å². The van der Waals surface area contributed by atoms with Crippen LogP contribution in [-0.4, -0.2) is 0 Å². The van der Waals surface area contributed by atoms with E-state index in [2.05, 4.69) is 13.0 Å². The minimum atomic E-state index is -0.892. The van der Waals surface area contributed by atoms with E-state index in [1.807, 2.05) is 19.1 Å². The Labute approximate surface area is 255 Å². The number of hydrogen-bond acceptors (Lipinski definition) is 0. The van der Waals surface area contributed by atoms with Crippen LogP contribution in [0.3, 0.4) is 0 Å². The summed E-state index contributed by atoms with van der Waals surface area (Å²) in [7, 11) is 0. The molecule has 1 aliphatic rings. The Bertz CT molecular complexity index is 1380. The number of halogens is 4. The summed E-state index contributed by atoms with van der Waals surface area (Å²) in [4.78, 5) is 0. The van der Waals surface area contributed by atoms with Gasteiger partial charge in [-0.2, -0.15) is 0 Å². The summed E-state index contributed by atoms with van der Waals surface area (Å²) in [6.07, 6.45) is 21.1. The van der Waals surface area contributed by atoms with Crippen molar-refractivity contribution in [1.29, 1.82) is 0 Å². The molecule has 0 radical (unpaired) electrons.